The fourth-order valence-corrected chi connectivity index (χ4v) is 3.21. The van der Waals surface area contributed by atoms with Gasteiger partial charge in [-0.3, -0.25) is 9.78 Å². The fraction of sp³-hybridized carbons (Fsp3) is 0.467. The number of rotatable bonds is 2. The molecule has 1 aromatic heterocycles. The molecule has 0 radical (unpaired) electrons. The summed E-state index contributed by atoms with van der Waals surface area (Å²) in [5.74, 6) is 0.258. The van der Waals surface area contributed by atoms with E-state index in [0.29, 0.717) is 0 Å². The summed E-state index contributed by atoms with van der Waals surface area (Å²) < 4.78 is 0. The lowest BCUT2D eigenvalue weighted by Gasteiger charge is -2.26. The van der Waals surface area contributed by atoms with Crippen molar-refractivity contribution in [2.75, 3.05) is 6.54 Å². The van der Waals surface area contributed by atoms with E-state index in [2.05, 4.69) is 11.9 Å². The minimum atomic E-state index is 0.167. The third kappa shape index (κ3) is 1.65. The van der Waals surface area contributed by atoms with Crippen LogP contribution < -0.4 is 0 Å². The maximum absolute atomic E-state index is 12.4. The van der Waals surface area contributed by atoms with Gasteiger partial charge in [-0.15, -0.1) is 0 Å². The van der Waals surface area contributed by atoms with E-state index in [-0.39, 0.29) is 11.9 Å². The molecule has 1 aliphatic heterocycles. The molecular weight excluding hydrogens is 224 g/mol. The average Bonchev–Trinajstić information content (AvgIpc) is 2.73. The van der Waals surface area contributed by atoms with Gasteiger partial charge in [0.2, 0.25) is 0 Å². The van der Waals surface area contributed by atoms with Crippen LogP contribution >= 0.6 is 0 Å². The molecule has 3 rings (SSSR count). The number of likely N-dealkylation sites (N-methyl/N-ethyl adjacent to an activating group) is 1. The SMILES string of the molecule is CCN1C(=O)C2=C(CCCC2)C1c1ccncc1. The maximum Gasteiger partial charge on any atom is 0.250 e. The van der Waals surface area contributed by atoms with Gasteiger partial charge in [0.1, 0.15) is 0 Å². The van der Waals surface area contributed by atoms with E-state index in [0.717, 1.165) is 31.4 Å². The van der Waals surface area contributed by atoms with E-state index in [4.69, 9.17) is 0 Å². The molecule has 94 valence electrons. The smallest absolute Gasteiger partial charge is 0.250 e. The van der Waals surface area contributed by atoms with Crippen molar-refractivity contribution in [3.05, 3.63) is 41.2 Å². The molecule has 0 saturated heterocycles. The number of pyridine rings is 1. The predicted octanol–water partition coefficient (Wildman–Crippen LogP) is 2.86. The van der Waals surface area contributed by atoms with Crippen molar-refractivity contribution in [3.8, 4) is 0 Å². The normalized spacial score (nSPS) is 23.5. The number of amides is 1. The van der Waals surface area contributed by atoms with Crippen LogP contribution in [0.15, 0.2) is 35.7 Å². The van der Waals surface area contributed by atoms with Crippen LogP contribution in [-0.4, -0.2) is 22.3 Å². The summed E-state index contributed by atoms with van der Waals surface area (Å²) in [5, 5.41) is 0. The third-order valence-electron chi connectivity index (χ3n) is 4.03. The van der Waals surface area contributed by atoms with E-state index in [1.807, 2.05) is 29.4 Å². The lowest BCUT2D eigenvalue weighted by molar-refractivity contribution is -0.127. The second-order valence-electron chi connectivity index (χ2n) is 4.99. The zero-order valence-electron chi connectivity index (χ0n) is 10.7. The van der Waals surface area contributed by atoms with Gasteiger partial charge in [0.25, 0.3) is 5.91 Å². The Morgan fingerprint density at radius 2 is 2.00 bits per heavy atom. The fourth-order valence-electron chi connectivity index (χ4n) is 3.21. The summed E-state index contributed by atoms with van der Waals surface area (Å²) in [7, 11) is 0. The average molecular weight is 242 g/mol. The highest BCUT2D eigenvalue weighted by atomic mass is 16.2. The molecule has 0 aromatic carbocycles. The first-order chi connectivity index (χ1) is 8.83. The Hall–Kier alpha value is -1.64. The molecule has 1 aliphatic carbocycles. The van der Waals surface area contributed by atoms with Crippen molar-refractivity contribution in [1.82, 2.24) is 9.88 Å². The lowest BCUT2D eigenvalue weighted by atomic mass is 9.88. The number of hydrogen-bond acceptors (Lipinski definition) is 2. The Balaban J connectivity index is 2.05. The van der Waals surface area contributed by atoms with Crippen LogP contribution in [0.5, 0.6) is 0 Å². The summed E-state index contributed by atoms with van der Waals surface area (Å²) in [5.41, 5.74) is 3.65. The highest BCUT2D eigenvalue weighted by Gasteiger charge is 2.39. The quantitative estimate of drug-likeness (QED) is 0.799. The topological polar surface area (TPSA) is 33.2 Å². The summed E-state index contributed by atoms with van der Waals surface area (Å²) in [6, 6.07) is 4.23. The zero-order chi connectivity index (χ0) is 12.5. The molecule has 3 nitrogen and oxygen atoms in total. The van der Waals surface area contributed by atoms with Gasteiger partial charge in [-0.1, -0.05) is 0 Å². The first-order valence-electron chi connectivity index (χ1n) is 6.75. The first kappa shape index (κ1) is 11.5. The van der Waals surface area contributed by atoms with Gasteiger partial charge in [-0.2, -0.15) is 0 Å². The van der Waals surface area contributed by atoms with E-state index in [1.165, 1.54) is 17.6 Å². The number of carbonyl (C=O) groups is 1. The number of aromatic nitrogens is 1. The summed E-state index contributed by atoms with van der Waals surface area (Å²) in [6.45, 7) is 2.84. The van der Waals surface area contributed by atoms with Gasteiger partial charge in [0, 0.05) is 24.5 Å². The molecule has 0 N–H and O–H groups in total. The second-order valence-corrected chi connectivity index (χ2v) is 4.99. The minimum absolute atomic E-state index is 0.167. The van der Waals surface area contributed by atoms with Gasteiger partial charge >= 0.3 is 0 Å². The highest BCUT2D eigenvalue weighted by Crippen LogP contribution is 2.43. The summed E-state index contributed by atoms with van der Waals surface area (Å²) in [6.07, 6.45) is 8.04. The largest absolute Gasteiger partial charge is 0.328 e. The molecule has 0 fully saturated rings. The molecule has 1 aromatic rings. The molecule has 1 atom stereocenters. The van der Waals surface area contributed by atoms with E-state index < -0.39 is 0 Å². The van der Waals surface area contributed by atoms with Gasteiger partial charge in [0.05, 0.1) is 6.04 Å². The van der Waals surface area contributed by atoms with E-state index in [9.17, 15) is 4.79 Å². The van der Waals surface area contributed by atoms with Crippen molar-refractivity contribution >= 4 is 5.91 Å². The zero-order valence-corrected chi connectivity index (χ0v) is 10.7. The molecular formula is C15H18N2O. The highest BCUT2D eigenvalue weighted by molar-refractivity contribution is 5.98. The predicted molar refractivity (Wildman–Crippen MR) is 69.9 cm³/mol. The molecule has 3 heteroatoms. The van der Waals surface area contributed by atoms with Gasteiger partial charge in [-0.05, 0) is 55.9 Å². The Kier molecular flexibility index (Phi) is 2.90. The van der Waals surface area contributed by atoms with Crippen LogP contribution in [0.1, 0.15) is 44.2 Å². The molecule has 1 amide bonds. The van der Waals surface area contributed by atoms with Crippen LogP contribution in [0.3, 0.4) is 0 Å². The van der Waals surface area contributed by atoms with Crippen molar-refractivity contribution in [3.63, 3.8) is 0 Å². The minimum Gasteiger partial charge on any atom is -0.328 e. The Labute approximate surface area is 108 Å². The maximum atomic E-state index is 12.4. The Bertz CT molecular complexity index is 492. The van der Waals surface area contributed by atoms with Crippen LogP contribution in [0.2, 0.25) is 0 Å². The molecule has 2 aliphatic rings. The van der Waals surface area contributed by atoms with Crippen molar-refractivity contribution in [2.24, 2.45) is 0 Å². The number of carbonyl (C=O) groups excluding carboxylic acids is 1. The third-order valence-corrected chi connectivity index (χ3v) is 4.03. The molecule has 18 heavy (non-hydrogen) atoms. The van der Waals surface area contributed by atoms with Crippen LogP contribution in [0.4, 0.5) is 0 Å². The molecule has 0 bridgehead atoms. The van der Waals surface area contributed by atoms with Crippen molar-refractivity contribution < 1.29 is 4.79 Å². The number of hydrogen-bond donors (Lipinski definition) is 0. The van der Waals surface area contributed by atoms with Crippen LogP contribution in [0.25, 0.3) is 0 Å². The van der Waals surface area contributed by atoms with Gasteiger partial charge < -0.3 is 4.90 Å². The standard InChI is InChI=1S/C15H18N2O/c1-2-17-14(11-7-9-16-10-8-11)12-5-3-4-6-13(12)15(17)18/h7-10,14H,2-6H2,1H3. The van der Waals surface area contributed by atoms with Gasteiger partial charge in [-0.25, -0.2) is 0 Å². The molecule has 2 heterocycles. The van der Waals surface area contributed by atoms with E-state index in [1.54, 1.807) is 0 Å². The first-order valence-corrected chi connectivity index (χ1v) is 6.75. The second kappa shape index (κ2) is 4.56. The van der Waals surface area contributed by atoms with Crippen molar-refractivity contribution in [2.45, 2.75) is 38.6 Å². The molecule has 0 spiro atoms. The molecule has 0 saturated carbocycles. The van der Waals surface area contributed by atoms with Crippen molar-refractivity contribution in [1.29, 1.82) is 0 Å². The Morgan fingerprint density at radius 1 is 1.28 bits per heavy atom. The molecule has 1 unspecified atom stereocenters. The summed E-state index contributed by atoms with van der Waals surface area (Å²) >= 11 is 0. The van der Waals surface area contributed by atoms with Gasteiger partial charge in [0.15, 0.2) is 0 Å². The monoisotopic (exact) mass is 242 g/mol. The summed E-state index contributed by atoms with van der Waals surface area (Å²) in [4.78, 5) is 18.5. The Morgan fingerprint density at radius 3 is 2.72 bits per heavy atom. The number of nitrogens with zero attached hydrogens (tertiary/aromatic N) is 2. The van der Waals surface area contributed by atoms with Crippen LogP contribution in [0, 0.1) is 0 Å². The van der Waals surface area contributed by atoms with E-state index >= 15 is 0 Å². The lowest BCUT2D eigenvalue weighted by Crippen LogP contribution is -2.29. The van der Waals surface area contributed by atoms with Crippen LogP contribution in [-0.2, 0) is 4.79 Å².